The number of hydrogen-bond donors (Lipinski definition) is 1. The van der Waals surface area contributed by atoms with Crippen molar-refractivity contribution in [2.75, 3.05) is 0 Å². The SMILES string of the molecule is CCCCCC[C@@]1(C)NC(=O)N(Cc2cc(=O)n3ccsc3n2)C1=O. The van der Waals surface area contributed by atoms with E-state index >= 15 is 0 Å². The Morgan fingerprint density at radius 1 is 1.24 bits per heavy atom. The molecule has 0 spiro atoms. The molecule has 0 aliphatic carbocycles. The highest BCUT2D eigenvalue weighted by atomic mass is 32.1. The van der Waals surface area contributed by atoms with Crippen LogP contribution in [0.3, 0.4) is 0 Å². The van der Waals surface area contributed by atoms with Gasteiger partial charge < -0.3 is 5.32 Å². The van der Waals surface area contributed by atoms with Crippen molar-refractivity contribution < 1.29 is 9.59 Å². The summed E-state index contributed by atoms with van der Waals surface area (Å²) >= 11 is 1.34. The standard InChI is InChI=1S/C17H22N4O3S/c1-3-4-5-6-7-17(2)14(23)21(15(24)19-17)11-12-10-13(22)20-8-9-25-16(20)18-12/h8-10H,3-7,11H2,1-2H3,(H,19,24)/t17-/m1/s1. The predicted octanol–water partition coefficient (Wildman–Crippen LogP) is 2.54. The number of unbranched alkanes of at least 4 members (excludes halogenated alkanes) is 3. The normalized spacial score (nSPS) is 20.5. The molecule has 2 aromatic rings. The minimum Gasteiger partial charge on any atom is -0.323 e. The van der Waals surface area contributed by atoms with E-state index in [1.54, 1.807) is 18.5 Å². The Morgan fingerprint density at radius 3 is 2.80 bits per heavy atom. The van der Waals surface area contributed by atoms with Crippen LogP contribution in [0.25, 0.3) is 4.96 Å². The van der Waals surface area contributed by atoms with Crippen LogP contribution in [0.2, 0.25) is 0 Å². The Balaban J connectivity index is 1.74. The lowest BCUT2D eigenvalue weighted by molar-refractivity contribution is -0.131. The lowest BCUT2D eigenvalue weighted by Crippen LogP contribution is -2.43. The highest BCUT2D eigenvalue weighted by Gasteiger charge is 2.47. The van der Waals surface area contributed by atoms with Gasteiger partial charge in [0.25, 0.3) is 11.5 Å². The summed E-state index contributed by atoms with van der Waals surface area (Å²) in [5.74, 6) is -0.248. The molecule has 0 unspecified atom stereocenters. The van der Waals surface area contributed by atoms with Crippen LogP contribution in [-0.4, -0.2) is 31.8 Å². The minimum absolute atomic E-state index is 0.0128. The average Bonchev–Trinajstić information content (AvgIpc) is 3.11. The summed E-state index contributed by atoms with van der Waals surface area (Å²) in [5.41, 5.74) is -0.658. The van der Waals surface area contributed by atoms with Crippen molar-refractivity contribution in [1.82, 2.24) is 19.6 Å². The van der Waals surface area contributed by atoms with E-state index in [-0.39, 0.29) is 18.0 Å². The number of fused-ring (bicyclic) bond motifs is 1. The van der Waals surface area contributed by atoms with Crippen molar-refractivity contribution in [1.29, 1.82) is 0 Å². The molecular weight excluding hydrogens is 340 g/mol. The number of imide groups is 1. The summed E-state index contributed by atoms with van der Waals surface area (Å²) in [6, 6.07) is 0.952. The van der Waals surface area contributed by atoms with Gasteiger partial charge in [-0.1, -0.05) is 32.6 Å². The molecule has 2 aromatic heterocycles. The van der Waals surface area contributed by atoms with Crippen molar-refractivity contribution in [3.63, 3.8) is 0 Å². The van der Waals surface area contributed by atoms with Gasteiger partial charge in [-0.15, -0.1) is 11.3 Å². The van der Waals surface area contributed by atoms with E-state index in [1.807, 2.05) is 0 Å². The van der Waals surface area contributed by atoms with E-state index in [0.717, 1.165) is 30.6 Å². The average molecular weight is 362 g/mol. The Kier molecular flexibility index (Phi) is 4.89. The molecule has 0 bridgehead atoms. The molecule has 134 valence electrons. The van der Waals surface area contributed by atoms with Gasteiger partial charge in [0.05, 0.1) is 12.2 Å². The Bertz CT molecular complexity index is 859. The monoisotopic (exact) mass is 362 g/mol. The third-order valence-corrected chi connectivity index (χ3v) is 5.31. The molecule has 1 aliphatic heterocycles. The highest BCUT2D eigenvalue weighted by molar-refractivity contribution is 7.15. The van der Waals surface area contributed by atoms with E-state index in [0.29, 0.717) is 17.1 Å². The van der Waals surface area contributed by atoms with Crippen LogP contribution in [-0.2, 0) is 11.3 Å². The molecule has 0 aromatic carbocycles. The molecule has 3 rings (SSSR count). The van der Waals surface area contributed by atoms with Gasteiger partial charge in [0.1, 0.15) is 5.54 Å². The number of carbonyl (C=O) groups is 2. The molecule has 0 radical (unpaired) electrons. The number of hydrogen-bond acceptors (Lipinski definition) is 5. The van der Waals surface area contributed by atoms with Crippen molar-refractivity contribution in [3.05, 3.63) is 33.7 Å². The van der Waals surface area contributed by atoms with Crippen LogP contribution >= 0.6 is 11.3 Å². The molecule has 1 fully saturated rings. The summed E-state index contributed by atoms with van der Waals surface area (Å²) in [5, 5.41) is 4.58. The number of amides is 3. The third kappa shape index (κ3) is 3.44. The molecule has 1 aliphatic rings. The molecule has 1 saturated heterocycles. The zero-order chi connectivity index (χ0) is 18.0. The number of carbonyl (C=O) groups excluding carboxylic acids is 2. The van der Waals surface area contributed by atoms with E-state index in [1.165, 1.54) is 21.8 Å². The fourth-order valence-corrected chi connectivity index (χ4v) is 3.83. The van der Waals surface area contributed by atoms with Crippen LogP contribution < -0.4 is 10.9 Å². The van der Waals surface area contributed by atoms with Crippen molar-refractivity contribution in [3.8, 4) is 0 Å². The number of urea groups is 1. The summed E-state index contributed by atoms with van der Waals surface area (Å²) in [6.07, 6.45) is 6.45. The summed E-state index contributed by atoms with van der Waals surface area (Å²) < 4.78 is 1.44. The first-order valence-corrected chi connectivity index (χ1v) is 9.42. The second-order valence-electron chi connectivity index (χ2n) is 6.61. The smallest absolute Gasteiger partial charge is 0.323 e. The van der Waals surface area contributed by atoms with Crippen LogP contribution in [0.15, 0.2) is 22.4 Å². The lowest BCUT2D eigenvalue weighted by atomic mass is 9.94. The van der Waals surface area contributed by atoms with Crippen LogP contribution in [0.5, 0.6) is 0 Å². The first kappa shape index (κ1) is 17.6. The molecule has 3 heterocycles. The van der Waals surface area contributed by atoms with Crippen molar-refractivity contribution >= 4 is 28.2 Å². The first-order valence-electron chi connectivity index (χ1n) is 8.54. The topological polar surface area (TPSA) is 83.8 Å². The van der Waals surface area contributed by atoms with E-state index in [2.05, 4.69) is 17.2 Å². The Morgan fingerprint density at radius 2 is 2.04 bits per heavy atom. The number of nitrogens with zero attached hydrogens (tertiary/aromatic N) is 3. The van der Waals surface area contributed by atoms with Crippen LogP contribution in [0.1, 0.15) is 51.6 Å². The Hall–Kier alpha value is -2.22. The van der Waals surface area contributed by atoms with Gasteiger partial charge in [-0.25, -0.2) is 9.78 Å². The van der Waals surface area contributed by atoms with Gasteiger partial charge in [-0.05, 0) is 13.3 Å². The van der Waals surface area contributed by atoms with Gasteiger partial charge >= 0.3 is 6.03 Å². The quantitative estimate of drug-likeness (QED) is 0.606. The zero-order valence-corrected chi connectivity index (χ0v) is 15.3. The fraction of sp³-hybridized carbons (Fsp3) is 0.529. The largest absolute Gasteiger partial charge is 0.325 e. The number of nitrogens with one attached hydrogen (secondary N) is 1. The molecule has 3 amide bonds. The van der Waals surface area contributed by atoms with Crippen LogP contribution in [0.4, 0.5) is 4.79 Å². The molecule has 1 N–H and O–H groups in total. The van der Waals surface area contributed by atoms with Crippen LogP contribution in [0, 0.1) is 0 Å². The number of rotatable bonds is 7. The maximum Gasteiger partial charge on any atom is 0.325 e. The summed E-state index contributed by atoms with van der Waals surface area (Å²) in [4.78, 5) is 43.2. The molecule has 0 saturated carbocycles. The molecular formula is C17H22N4O3S. The third-order valence-electron chi connectivity index (χ3n) is 4.55. The Labute approximate surface area is 149 Å². The summed E-state index contributed by atoms with van der Waals surface area (Å²) in [6.45, 7) is 3.91. The van der Waals surface area contributed by atoms with Gasteiger partial charge in [0.15, 0.2) is 4.96 Å². The second kappa shape index (κ2) is 6.95. The van der Waals surface area contributed by atoms with Gasteiger partial charge in [-0.3, -0.25) is 18.9 Å². The molecule has 1 atom stereocenters. The van der Waals surface area contributed by atoms with E-state index in [4.69, 9.17) is 0 Å². The van der Waals surface area contributed by atoms with Gasteiger partial charge in [0, 0.05) is 17.6 Å². The summed E-state index contributed by atoms with van der Waals surface area (Å²) in [7, 11) is 0. The zero-order valence-electron chi connectivity index (χ0n) is 14.4. The van der Waals surface area contributed by atoms with Crippen molar-refractivity contribution in [2.45, 2.75) is 58.0 Å². The van der Waals surface area contributed by atoms with Gasteiger partial charge in [0.2, 0.25) is 0 Å². The van der Waals surface area contributed by atoms with E-state index in [9.17, 15) is 14.4 Å². The predicted molar refractivity (Wildman–Crippen MR) is 95.6 cm³/mol. The number of thiazole rings is 1. The molecule has 8 heteroatoms. The minimum atomic E-state index is -0.868. The molecule has 25 heavy (non-hydrogen) atoms. The number of aromatic nitrogens is 2. The molecule has 7 nitrogen and oxygen atoms in total. The maximum absolute atomic E-state index is 12.7. The second-order valence-corrected chi connectivity index (χ2v) is 7.48. The fourth-order valence-electron chi connectivity index (χ4n) is 3.10. The maximum atomic E-state index is 12.7. The first-order chi connectivity index (χ1) is 11.9. The lowest BCUT2D eigenvalue weighted by Gasteiger charge is -2.21. The highest BCUT2D eigenvalue weighted by Crippen LogP contribution is 2.25. The van der Waals surface area contributed by atoms with Crippen molar-refractivity contribution in [2.24, 2.45) is 0 Å². The van der Waals surface area contributed by atoms with Gasteiger partial charge in [-0.2, -0.15) is 0 Å². The van der Waals surface area contributed by atoms with E-state index < -0.39 is 11.6 Å².